The summed E-state index contributed by atoms with van der Waals surface area (Å²) in [6, 6.07) is 6.60. The molecule has 0 aliphatic rings. The summed E-state index contributed by atoms with van der Waals surface area (Å²) in [5.74, 6) is -0.454. The molecule has 1 rings (SSSR count). The highest BCUT2D eigenvalue weighted by Crippen LogP contribution is 2.12. The Morgan fingerprint density at radius 1 is 1.22 bits per heavy atom. The maximum atomic E-state index is 11.7. The molecular weight excluding hydrogens is 252 g/mol. The highest BCUT2D eigenvalue weighted by molar-refractivity contribution is 6.30. The van der Waals surface area contributed by atoms with Gasteiger partial charge in [-0.25, -0.2) is 0 Å². The zero-order chi connectivity index (χ0) is 13.4. The highest BCUT2D eigenvalue weighted by Gasteiger charge is 2.09. The minimum atomic E-state index is -0.365. The molecule has 0 N–H and O–H groups in total. The molecule has 3 nitrogen and oxygen atoms in total. The Balaban J connectivity index is 2.37. The van der Waals surface area contributed by atoms with Crippen LogP contribution >= 0.6 is 11.6 Å². The van der Waals surface area contributed by atoms with E-state index in [1.807, 2.05) is 6.92 Å². The van der Waals surface area contributed by atoms with Crippen LogP contribution in [0.5, 0.6) is 0 Å². The summed E-state index contributed by atoms with van der Waals surface area (Å²) in [5, 5.41) is 0.581. The zero-order valence-electron chi connectivity index (χ0n) is 10.2. The molecule has 0 amide bonds. The summed E-state index contributed by atoms with van der Waals surface area (Å²) >= 11 is 5.72. The number of esters is 1. The molecule has 0 aliphatic heterocycles. The lowest BCUT2D eigenvalue weighted by Gasteiger charge is -2.02. The minimum absolute atomic E-state index is 0.0883. The molecular formula is C14H15ClO3. The van der Waals surface area contributed by atoms with Gasteiger partial charge in [0.25, 0.3) is 0 Å². The van der Waals surface area contributed by atoms with Gasteiger partial charge in [0.1, 0.15) is 6.61 Å². The molecule has 1 aromatic carbocycles. The molecule has 0 unspecified atom stereocenters. The van der Waals surface area contributed by atoms with Crippen molar-refractivity contribution in [3.8, 4) is 0 Å². The first-order valence-electron chi connectivity index (χ1n) is 5.69. The Morgan fingerprint density at radius 3 is 2.50 bits per heavy atom. The quantitative estimate of drug-likeness (QED) is 0.450. The van der Waals surface area contributed by atoms with Gasteiger partial charge in [-0.15, -0.1) is 0 Å². The maximum Gasteiger partial charge on any atom is 0.306 e. The fourth-order valence-corrected chi connectivity index (χ4v) is 1.43. The minimum Gasteiger partial charge on any atom is -0.461 e. The van der Waals surface area contributed by atoms with E-state index in [0.717, 1.165) is 0 Å². The van der Waals surface area contributed by atoms with Crippen LogP contribution in [0.2, 0.25) is 5.02 Å². The van der Waals surface area contributed by atoms with Crippen molar-refractivity contribution < 1.29 is 14.3 Å². The molecule has 0 heterocycles. The van der Waals surface area contributed by atoms with Gasteiger partial charge in [0, 0.05) is 17.0 Å². The van der Waals surface area contributed by atoms with Crippen LogP contribution in [0.25, 0.3) is 0 Å². The predicted octanol–water partition coefficient (Wildman–Crippen LogP) is 3.42. The number of Topliss-reactive ketones (excluding diaryl/α,β-unsaturated/α-hetero) is 1. The standard InChI is InChI=1S/C14H15ClO3/c1-2-3-10-18-14(17)9-8-13(16)11-4-6-12(15)7-5-11/h2-7H,8-10H2,1H3/b3-2+. The molecule has 0 fully saturated rings. The smallest absolute Gasteiger partial charge is 0.306 e. The summed E-state index contributed by atoms with van der Waals surface area (Å²) in [7, 11) is 0. The first-order chi connectivity index (χ1) is 8.63. The van der Waals surface area contributed by atoms with Gasteiger partial charge < -0.3 is 4.74 Å². The summed E-state index contributed by atoms with van der Waals surface area (Å²) in [4.78, 5) is 23.0. The largest absolute Gasteiger partial charge is 0.461 e. The van der Waals surface area contributed by atoms with Crippen LogP contribution < -0.4 is 0 Å². The van der Waals surface area contributed by atoms with Crippen molar-refractivity contribution in [1.82, 2.24) is 0 Å². The Kier molecular flexibility index (Phi) is 6.15. The van der Waals surface area contributed by atoms with Crippen molar-refractivity contribution in [3.63, 3.8) is 0 Å². The van der Waals surface area contributed by atoms with Gasteiger partial charge in [0.2, 0.25) is 0 Å². The second kappa shape index (κ2) is 7.67. The lowest BCUT2D eigenvalue weighted by Crippen LogP contribution is -2.08. The van der Waals surface area contributed by atoms with E-state index < -0.39 is 0 Å². The number of ether oxygens (including phenoxy) is 1. The van der Waals surface area contributed by atoms with E-state index in [4.69, 9.17) is 16.3 Å². The van der Waals surface area contributed by atoms with Crippen LogP contribution in [0.15, 0.2) is 36.4 Å². The number of carbonyl (C=O) groups is 2. The molecule has 0 bridgehead atoms. The average Bonchev–Trinajstić information content (AvgIpc) is 2.37. The maximum absolute atomic E-state index is 11.7. The molecule has 0 atom stereocenters. The van der Waals surface area contributed by atoms with Gasteiger partial charge >= 0.3 is 5.97 Å². The third kappa shape index (κ3) is 5.15. The van der Waals surface area contributed by atoms with Crippen LogP contribution in [-0.4, -0.2) is 18.4 Å². The normalized spacial score (nSPS) is 10.6. The van der Waals surface area contributed by atoms with Crippen LogP contribution in [0.1, 0.15) is 30.1 Å². The predicted molar refractivity (Wildman–Crippen MR) is 70.8 cm³/mol. The van der Waals surface area contributed by atoms with E-state index in [1.54, 1.807) is 36.4 Å². The van der Waals surface area contributed by atoms with Crippen molar-refractivity contribution in [2.45, 2.75) is 19.8 Å². The second-order valence-corrected chi connectivity index (χ2v) is 4.12. The van der Waals surface area contributed by atoms with Gasteiger partial charge in [-0.3, -0.25) is 9.59 Å². The summed E-state index contributed by atoms with van der Waals surface area (Å²) < 4.78 is 4.89. The van der Waals surface area contributed by atoms with Crippen molar-refractivity contribution in [2.24, 2.45) is 0 Å². The van der Waals surface area contributed by atoms with Crippen molar-refractivity contribution >= 4 is 23.4 Å². The second-order valence-electron chi connectivity index (χ2n) is 3.68. The number of carbonyl (C=O) groups excluding carboxylic acids is 2. The van der Waals surface area contributed by atoms with Crippen molar-refractivity contribution in [3.05, 3.63) is 47.0 Å². The number of ketones is 1. The van der Waals surface area contributed by atoms with Gasteiger partial charge in [-0.1, -0.05) is 23.8 Å². The number of hydrogen-bond donors (Lipinski definition) is 0. The fraction of sp³-hybridized carbons (Fsp3) is 0.286. The molecule has 18 heavy (non-hydrogen) atoms. The number of hydrogen-bond acceptors (Lipinski definition) is 3. The summed E-state index contributed by atoms with van der Waals surface area (Å²) in [5.41, 5.74) is 0.556. The first kappa shape index (κ1) is 14.5. The fourth-order valence-electron chi connectivity index (χ4n) is 1.31. The highest BCUT2D eigenvalue weighted by atomic mass is 35.5. The summed E-state index contributed by atoms with van der Waals surface area (Å²) in [6.07, 6.45) is 3.78. The SMILES string of the molecule is C/C=C/COC(=O)CCC(=O)c1ccc(Cl)cc1. The van der Waals surface area contributed by atoms with E-state index in [9.17, 15) is 9.59 Å². The van der Waals surface area contributed by atoms with Gasteiger partial charge in [-0.05, 0) is 31.2 Å². The topological polar surface area (TPSA) is 43.4 Å². The van der Waals surface area contributed by atoms with E-state index in [1.165, 1.54) is 0 Å². The Morgan fingerprint density at radius 2 is 1.89 bits per heavy atom. The molecule has 96 valence electrons. The van der Waals surface area contributed by atoms with E-state index in [2.05, 4.69) is 0 Å². The first-order valence-corrected chi connectivity index (χ1v) is 6.07. The molecule has 0 aromatic heterocycles. The lowest BCUT2D eigenvalue weighted by molar-refractivity contribution is -0.142. The van der Waals surface area contributed by atoms with Crippen molar-refractivity contribution in [2.75, 3.05) is 6.61 Å². The molecule has 1 aromatic rings. The molecule has 0 spiro atoms. The van der Waals surface area contributed by atoms with Crippen LogP contribution in [0.4, 0.5) is 0 Å². The lowest BCUT2D eigenvalue weighted by atomic mass is 10.1. The number of benzene rings is 1. The molecule has 0 saturated carbocycles. The molecule has 4 heteroatoms. The summed E-state index contributed by atoms with van der Waals surface area (Å²) in [6.45, 7) is 2.10. The van der Waals surface area contributed by atoms with E-state index >= 15 is 0 Å². The van der Waals surface area contributed by atoms with E-state index in [-0.39, 0.29) is 31.2 Å². The Bertz CT molecular complexity index is 435. The van der Waals surface area contributed by atoms with E-state index in [0.29, 0.717) is 10.6 Å². The van der Waals surface area contributed by atoms with Crippen LogP contribution in [-0.2, 0) is 9.53 Å². The Hall–Kier alpha value is -1.61. The number of halogens is 1. The Labute approximate surface area is 111 Å². The third-order valence-electron chi connectivity index (χ3n) is 2.30. The zero-order valence-corrected chi connectivity index (χ0v) is 10.9. The third-order valence-corrected chi connectivity index (χ3v) is 2.55. The van der Waals surface area contributed by atoms with Gasteiger partial charge in [0.05, 0.1) is 6.42 Å². The van der Waals surface area contributed by atoms with Crippen LogP contribution in [0, 0.1) is 0 Å². The number of rotatable bonds is 6. The van der Waals surface area contributed by atoms with Gasteiger partial charge in [-0.2, -0.15) is 0 Å². The molecule has 0 saturated heterocycles. The molecule has 0 radical (unpaired) electrons. The molecule has 0 aliphatic carbocycles. The average molecular weight is 267 g/mol. The number of allylic oxidation sites excluding steroid dienone is 1. The van der Waals surface area contributed by atoms with Gasteiger partial charge in [0.15, 0.2) is 5.78 Å². The monoisotopic (exact) mass is 266 g/mol. The van der Waals surface area contributed by atoms with Crippen molar-refractivity contribution in [1.29, 1.82) is 0 Å². The van der Waals surface area contributed by atoms with Crippen LogP contribution in [0.3, 0.4) is 0 Å².